The maximum Gasteiger partial charge on any atom is 0.155 e. The first-order chi connectivity index (χ1) is 11.6. The molecule has 0 aliphatic heterocycles. The Morgan fingerprint density at radius 2 is 1.00 bits per heavy atom. The lowest BCUT2D eigenvalue weighted by molar-refractivity contribution is -0.115. The van der Waals surface area contributed by atoms with Gasteiger partial charge in [-0.3, -0.25) is 9.59 Å². The van der Waals surface area contributed by atoms with Crippen molar-refractivity contribution in [2.24, 2.45) is 0 Å². The van der Waals surface area contributed by atoms with E-state index in [1.54, 1.807) is 0 Å². The molecular weight excluding hydrogens is 296 g/mol. The number of aryl methyl sites for hydroxylation is 2. The number of carbonyl (C=O) groups is 2. The molecule has 0 aliphatic rings. The standard InChI is InChI=1S/C22H22O2/c1-3-21(23)15-9-17-5-11-19(12-6-17)20-13-7-18(8-14-20)10-16-22(24)4-2/h3-8,11-14H,1-2,9-10,15-16H2. The van der Waals surface area contributed by atoms with Gasteiger partial charge in [0.2, 0.25) is 0 Å². The minimum atomic E-state index is 0.0737. The van der Waals surface area contributed by atoms with E-state index in [-0.39, 0.29) is 11.6 Å². The van der Waals surface area contributed by atoms with Crippen LogP contribution in [0, 0.1) is 0 Å². The normalized spacial score (nSPS) is 10.2. The van der Waals surface area contributed by atoms with Gasteiger partial charge in [0.1, 0.15) is 0 Å². The Morgan fingerprint density at radius 1 is 0.667 bits per heavy atom. The van der Waals surface area contributed by atoms with Crippen molar-refractivity contribution in [2.45, 2.75) is 25.7 Å². The van der Waals surface area contributed by atoms with Crippen LogP contribution in [0.5, 0.6) is 0 Å². The number of hydrogen-bond acceptors (Lipinski definition) is 2. The van der Waals surface area contributed by atoms with Crippen molar-refractivity contribution >= 4 is 11.6 Å². The molecule has 0 unspecified atom stereocenters. The summed E-state index contributed by atoms with van der Waals surface area (Å²) in [6.45, 7) is 6.98. The third-order valence-electron chi connectivity index (χ3n) is 4.02. The summed E-state index contributed by atoms with van der Waals surface area (Å²) >= 11 is 0. The largest absolute Gasteiger partial charge is 0.295 e. The summed E-state index contributed by atoms with van der Waals surface area (Å²) < 4.78 is 0. The number of rotatable bonds is 9. The van der Waals surface area contributed by atoms with E-state index < -0.39 is 0 Å². The molecule has 0 aromatic heterocycles. The lowest BCUT2D eigenvalue weighted by Crippen LogP contribution is -1.95. The molecule has 2 aromatic rings. The Morgan fingerprint density at radius 3 is 1.29 bits per heavy atom. The molecule has 24 heavy (non-hydrogen) atoms. The smallest absolute Gasteiger partial charge is 0.155 e. The van der Waals surface area contributed by atoms with Crippen LogP contribution >= 0.6 is 0 Å². The summed E-state index contributed by atoms with van der Waals surface area (Å²) in [6, 6.07) is 16.5. The Labute approximate surface area is 143 Å². The van der Waals surface area contributed by atoms with Crippen LogP contribution in [0.15, 0.2) is 73.8 Å². The summed E-state index contributed by atoms with van der Waals surface area (Å²) in [6.07, 6.45) is 5.22. The maximum atomic E-state index is 11.3. The van der Waals surface area contributed by atoms with Crippen LogP contribution < -0.4 is 0 Å². The summed E-state index contributed by atoms with van der Waals surface area (Å²) in [5, 5.41) is 0. The third-order valence-corrected chi connectivity index (χ3v) is 4.02. The SMILES string of the molecule is C=CC(=O)CCc1ccc(-c2ccc(CCC(=O)C=C)cc2)cc1. The zero-order chi connectivity index (χ0) is 17.4. The molecule has 0 saturated heterocycles. The highest BCUT2D eigenvalue weighted by atomic mass is 16.1. The van der Waals surface area contributed by atoms with Crippen molar-refractivity contribution in [1.82, 2.24) is 0 Å². The topological polar surface area (TPSA) is 34.1 Å². The first-order valence-electron chi connectivity index (χ1n) is 8.11. The Kier molecular flexibility index (Phi) is 6.44. The monoisotopic (exact) mass is 318 g/mol. The zero-order valence-corrected chi connectivity index (χ0v) is 13.8. The summed E-state index contributed by atoms with van der Waals surface area (Å²) in [7, 11) is 0. The van der Waals surface area contributed by atoms with E-state index in [9.17, 15) is 9.59 Å². The number of benzene rings is 2. The van der Waals surface area contributed by atoms with Crippen LogP contribution in [0.25, 0.3) is 11.1 Å². The van der Waals surface area contributed by atoms with E-state index >= 15 is 0 Å². The molecule has 0 heterocycles. The van der Waals surface area contributed by atoms with Crippen molar-refractivity contribution in [1.29, 1.82) is 0 Å². The molecule has 122 valence electrons. The fourth-order valence-corrected chi connectivity index (χ4v) is 2.47. The van der Waals surface area contributed by atoms with Gasteiger partial charge in [-0.1, -0.05) is 61.7 Å². The molecule has 2 nitrogen and oxygen atoms in total. The Hall–Kier alpha value is -2.74. The van der Waals surface area contributed by atoms with Gasteiger partial charge >= 0.3 is 0 Å². The van der Waals surface area contributed by atoms with Crippen LogP contribution in [0.2, 0.25) is 0 Å². The molecule has 0 atom stereocenters. The van der Waals surface area contributed by atoms with Crippen molar-refractivity contribution in [2.75, 3.05) is 0 Å². The van der Waals surface area contributed by atoms with E-state index in [1.165, 1.54) is 12.2 Å². The van der Waals surface area contributed by atoms with Crippen LogP contribution in [0.3, 0.4) is 0 Å². The fourth-order valence-electron chi connectivity index (χ4n) is 2.47. The second-order valence-corrected chi connectivity index (χ2v) is 5.73. The van der Waals surface area contributed by atoms with E-state index in [1.807, 2.05) is 0 Å². The molecule has 0 amide bonds. The molecule has 0 fully saturated rings. The number of hydrogen-bond donors (Lipinski definition) is 0. The summed E-state index contributed by atoms with van der Waals surface area (Å²) in [4.78, 5) is 22.6. The van der Waals surface area contributed by atoms with Crippen molar-refractivity contribution in [3.63, 3.8) is 0 Å². The van der Waals surface area contributed by atoms with Gasteiger partial charge in [0.15, 0.2) is 11.6 Å². The lowest BCUT2D eigenvalue weighted by Gasteiger charge is -2.06. The second-order valence-electron chi connectivity index (χ2n) is 5.73. The Balaban J connectivity index is 1.98. The number of ketones is 2. The molecule has 0 bridgehead atoms. The van der Waals surface area contributed by atoms with Crippen LogP contribution in [-0.2, 0) is 22.4 Å². The Bertz CT molecular complexity index is 656. The third kappa shape index (κ3) is 5.17. The number of allylic oxidation sites excluding steroid dienone is 2. The van der Waals surface area contributed by atoms with E-state index in [0.29, 0.717) is 12.8 Å². The highest BCUT2D eigenvalue weighted by Gasteiger charge is 2.02. The predicted octanol–water partition coefficient (Wildman–Crippen LogP) is 4.73. The van der Waals surface area contributed by atoms with Crippen molar-refractivity contribution in [3.8, 4) is 11.1 Å². The van der Waals surface area contributed by atoms with E-state index in [4.69, 9.17) is 0 Å². The van der Waals surface area contributed by atoms with Gasteiger partial charge in [-0.15, -0.1) is 0 Å². The van der Waals surface area contributed by atoms with Crippen molar-refractivity contribution in [3.05, 3.63) is 85.0 Å². The van der Waals surface area contributed by atoms with Gasteiger partial charge in [-0.05, 0) is 47.2 Å². The van der Waals surface area contributed by atoms with Gasteiger partial charge in [-0.2, -0.15) is 0 Å². The average Bonchev–Trinajstić information content (AvgIpc) is 2.65. The van der Waals surface area contributed by atoms with Crippen LogP contribution in [0.4, 0.5) is 0 Å². The predicted molar refractivity (Wildman–Crippen MR) is 98.9 cm³/mol. The molecular formula is C22H22O2. The highest BCUT2D eigenvalue weighted by Crippen LogP contribution is 2.21. The van der Waals surface area contributed by atoms with Crippen molar-refractivity contribution < 1.29 is 9.59 Å². The lowest BCUT2D eigenvalue weighted by atomic mass is 9.99. The highest BCUT2D eigenvalue weighted by molar-refractivity contribution is 5.89. The van der Waals surface area contributed by atoms with Gasteiger partial charge in [0, 0.05) is 12.8 Å². The van der Waals surface area contributed by atoms with E-state index in [0.717, 1.165) is 35.1 Å². The molecule has 0 saturated carbocycles. The second kappa shape index (κ2) is 8.78. The van der Waals surface area contributed by atoms with Gasteiger partial charge in [0.25, 0.3) is 0 Å². The van der Waals surface area contributed by atoms with Gasteiger partial charge in [0.05, 0.1) is 0 Å². The van der Waals surface area contributed by atoms with E-state index in [2.05, 4.69) is 61.7 Å². The van der Waals surface area contributed by atoms with Gasteiger partial charge in [-0.25, -0.2) is 0 Å². The molecule has 0 N–H and O–H groups in total. The molecule has 2 heteroatoms. The molecule has 0 radical (unpaired) electrons. The zero-order valence-electron chi connectivity index (χ0n) is 13.8. The summed E-state index contributed by atoms with van der Waals surface area (Å²) in [5.41, 5.74) is 4.58. The number of carbonyl (C=O) groups excluding carboxylic acids is 2. The first kappa shape index (κ1) is 17.6. The fraction of sp³-hybridized carbons (Fsp3) is 0.182. The maximum absolute atomic E-state index is 11.3. The minimum Gasteiger partial charge on any atom is -0.295 e. The van der Waals surface area contributed by atoms with Crippen LogP contribution in [0.1, 0.15) is 24.0 Å². The van der Waals surface area contributed by atoms with Crippen LogP contribution in [-0.4, -0.2) is 11.6 Å². The first-order valence-corrected chi connectivity index (χ1v) is 8.11. The molecule has 2 aromatic carbocycles. The quantitative estimate of drug-likeness (QED) is 0.626. The average molecular weight is 318 g/mol. The molecule has 0 aliphatic carbocycles. The molecule has 2 rings (SSSR count). The minimum absolute atomic E-state index is 0.0737. The molecule has 0 spiro atoms. The summed E-state index contributed by atoms with van der Waals surface area (Å²) in [5.74, 6) is 0.147. The van der Waals surface area contributed by atoms with Gasteiger partial charge < -0.3 is 0 Å².